The van der Waals surface area contributed by atoms with Gasteiger partial charge in [-0.25, -0.2) is 4.90 Å². The predicted octanol–water partition coefficient (Wildman–Crippen LogP) is 0.535. The Morgan fingerprint density at radius 3 is 3.07 bits per heavy atom. The highest BCUT2D eigenvalue weighted by atomic mass is 16.5. The van der Waals surface area contributed by atoms with Gasteiger partial charge in [0.15, 0.2) is 12.0 Å². The lowest BCUT2D eigenvalue weighted by Gasteiger charge is -2.28. The standard InChI is InChI=1S/C10H10N2O3/c1-6(13)12-9(14)4-7-2-3-8(5-11)15-10(7)12/h3,7,10H,2,4H2,1H3. The smallest absolute Gasteiger partial charge is 0.232 e. The molecule has 5 heteroatoms. The third-order valence-electron chi connectivity index (χ3n) is 2.67. The van der Waals surface area contributed by atoms with E-state index in [-0.39, 0.29) is 23.5 Å². The number of rotatable bonds is 0. The Morgan fingerprint density at radius 2 is 2.47 bits per heavy atom. The molecule has 0 radical (unpaired) electrons. The summed E-state index contributed by atoms with van der Waals surface area (Å²) in [5.41, 5.74) is 0. The van der Waals surface area contributed by atoms with E-state index in [9.17, 15) is 9.59 Å². The summed E-state index contributed by atoms with van der Waals surface area (Å²) >= 11 is 0. The molecular formula is C10H10N2O3. The van der Waals surface area contributed by atoms with E-state index in [1.807, 2.05) is 6.07 Å². The summed E-state index contributed by atoms with van der Waals surface area (Å²) in [6, 6.07) is 1.88. The number of likely N-dealkylation sites (tertiary alicyclic amines) is 1. The van der Waals surface area contributed by atoms with E-state index in [1.165, 1.54) is 6.92 Å². The number of ether oxygens (including phenoxy) is 1. The molecule has 0 spiro atoms. The first-order chi connectivity index (χ1) is 7.13. The fourth-order valence-electron chi connectivity index (χ4n) is 1.99. The highest BCUT2D eigenvalue weighted by Crippen LogP contribution is 2.34. The summed E-state index contributed by atoms with van der Waals surface area (Å²) in [5, 5.41) is 8.67. The minimum absolute atomic E-state index is 0.00139. The van der Waals surface area contributed by atoms with Crippen molar-refractivity contribution in [2.45, 2.75) is 26.0 Å². The maximum Gasteiger partial charge on any atom is 0.232 e. The number of hydrogen-bond acceptors (Lipinski definition) is 4. The molecule has 0 bridgehead atoms. The summed E-state index contributed by atoms with van der Waals surface area (Å²) in [7, 11) is 0. The van der Waals surface area contributed by atoms with Crippen LogP contribution >= 0.6 is 0 Å². The second-order valence-electron chi connectivity index (χ2n) is 3.67. The molecule has 0 aliphatic carbocycles. The Labute approximate surface area is 86.9 Å². The quantitative estimate of drug-likeness (QED) is 0.579. The number of hydrogen-bond donors (Lipinski definition) is 0. The molecule has 2 aliphatic rings. The van der Waals surface area contributed by atoms with Crippen LogP contribution in [0.2, 0.25) is 0 Å². The van der Waals surface area contributed by atoms with E-state index in [0.717, 1.165) is 4.90 Å². The maximum absolute atomic E-state index is 11.5. The summed E-state index contributed by atoms with van der Waals surface area (Å²) in [5.74, 6) is -0.354. The SMILES string of the molecule is CC(=O)N1C(=O)CC2CC=C(C#N)OC21. The highest BCUT2D eigenvalue weighted by Gasteiger charge is 2.45. The van der Waals surface area contributed by atoms with Crippen LogP contribution in [0.3, 0.4) is 0 Å². The van der Waals surface area contributed by atoms with Crippen molar-refractivity contribution >= 4 is 11.8 Å². The van der Waals surface area contributed by atoms with Gasteiger partial charge in [-0.2, -0.15) is 5.26 Å². The van der Waals surface area contributed by atoms with E-state index in [4.69, 9.17) is 10.00 Å². The molecule has 2 aliphatic heterocycles. The van der Waals surface area contributed by atoms with Gasteiger partial charge in [-0.05, 0) is 12.5 Å². The van der Waals surface area contributed by atoms with Gasteiger partial charge in [0.05, 0.1) is 0 Å². The van der Waals surface area contributed by atoms with Crippen molar-refractivity contribution in [2.24, 2.45) is 5.92 Å². The molecule has 0 aromatic heterocycles. The van der Waals surface area contributed by atoms with E-state index in [0.29, 0.717) is 12.8 Å². The van der Waals surface area contributed by atoms with Gasteiger partial charge >= 0.3 is 0 Å². The number of fused-ring (bicyclic) bond motifs is 1. The van der Waals surface area contributed by atoms with Gasteiger partial charge in [-0.1, -0.05) is 0 Å². The van der Waals surface area contributed by atoms with Crippen molar-refractivity contribution in [3.05, 3.63) is 11.8 Å². The van der Waals surface area contributed by atoms with E-state index >= 15 is 0 Å². The molecule has 2 rings (SSSR count). The van der Waals surface area contributed by atoms with Gasteiger partial charge < -0.3 is 4.74 Å². The molecule has 0 saturated carbocycles. The highest BCUT2D eigenvalue weighted by molar-refractivity contribution is 5.96. The number of carbonyl (C=O) groups is 2. The molecule has 2 unspecified atom stereocenters. The van der Waals surface area contributed by atoms with Gasteiger partial charge in [-0.15, -0.1) is 0 Å². The average molecular weight is 206 g/mol. The molecule has 5 nitrogen and oxygen atoms in total. The van der Waals surface area contributed by atoms with Crippen molar-refractivity contribution in [1.29, 1.82) is 5.26 Å². The third kappa shape index (κ3) is 1.48. The molecule has 2 amide bonds. The zero-order chi connectivity index (χ0) is 11.0. The first-order valence-corrected chi connectivity index (χ1v) is 4.73. The molecule has 78 valence electrons. The first-order valence-electron chi connectivity index (χ1n) is 4.73. The lowest BCUT2D eigenvalue weighted by atomic mass is 10.0. The van der Waals surface area contributed by atoms with Crippen LogP contribution in [0.5, 0.6) is 0 Å². The summed E-state index contributed by atoms with van der Waals surface area (Å²) in [4.78, 5) is 23.8. The van der Waals surface area contributed by atoms with Crippen LogP contribution in [0.1, 0.15) is 19.8 Å². The van der Waals surface area contributed by atoms with E-state index in [2.05, 4.69) is 0 Å². The second kappa shape index (κ2) is 3.39. The van der Waals surface area contributed by atoms with E-state index in [1.54, 1.807) is 6.08 Å². The van der Waals surface area contributed by atoms with Gasteiger partial charge in [0.2, 0.25) is 11.8 Å². The zero-order valence-electron chi connectivity index (χ0n) is 8.27. The maximum atomic E-state index is 11.5. The fraction of sp³-hybridized carbons (Fsp3) is 0.500. The third-order valence-corrected chi connectivity index (χ3v) is 2.67. The Hall–Kier alpha value is -1.83. The molecule has 0 N–H and O–H groups in total. The Bertz CT molecular complexity index is 394. The predicted molar refractivity (Wildman–Crippen MR) is 48.8 cm³/mol. The first kappa shape index (κ1) is 9.71. The Morgan fingerprint density at radius 1 is 1.73 bits per heavy atom. The Balaban J connectivity index is 2.25. The fourth-order valence-corrected chi connectivity index (χ4v) is 1.99. The van der Waals surface area contributed by atoms with Crippen LogP contribution in [0.4, 0.5) is 0 Å². The van der Waals surface area contributed by atoms with Crippen LogP contribution in [0, 0.1) is 17.2 Å². The number of carbonyl (C=O) groups excluding carboxylic acids is 2. The van der Waals surface area contributed by atoms with Gasteiger partial charge in [0, 0.05) is 19.3 Å². The van der Waals surface area contributed by atoms with Crippen LogP contribution in [0.25, 0.3) is 0 Å². The molecular weight excluding hydrogens is 196 g/mol. The molecule has 2 atom stereocenters. The van der Waals surface area contributed by atoms with Crippen LogP contribution in [-0.4, -0.2) is 22.9 Å². The van der Waals surface area contributed by atoms with Crippen LogP contribution < -0.4 is 0 Å². The monoisotopic (exact) mass is 206 g/mol. The van der Waals surface area contributed by atoms with Crippen LogP contribution in [-0.2, 0) is 14.3 Å². The second-order valence-corrected chi connectivity index (χ2v) is 3.67. The van der Waals surface area contributed by atoms with Crippen molar-refractivity contribution < 1.29 is 14.3 Å². The van der Waals surface area contributed by atoms with E-state index < -0.39 is 6.23 Å². The number of allylic oxidation sites excluding steroid dienone is 2. The molecule has 2 heterocycles. The summed E-state index contributed by atoms with van der Waals surface area (Å²) in [6.45, 7) is 1.33. The number of nitrogens with zero attached hydrogens (tertiary/aromatic N) is 2. The van der Waals surface area contributed by atoms with Gasteiger partial charge in [0.25, 0.3) is 0 Å². The topological polar surface area (TPSA) is 70.4 Å². The van der Waals surface area contributed by atoms with Crippen molar-refractivity contribution in [2.75, 3.05) is 0 Å². The number of imide groups is 1. The molecule has 0 aromatic rings. The largest absolute Gasteiger partial charge is 0.460 e. The van der Waals surface area contributed by atoms with Gasteiger partial charge in [-0.3, -0.25) is 9.59 Å². The van der Waals surface area contributed by atoms with Crippen molar-refractivity contribution in [3.8, 4) is 6.07 Å². The normalized spacial score (nSPS) is 28.9. The number of amides is 2. The minimum atomic E-state index is -0.574. The van der Waals surface area contributed by atoms with Crippen molar-refractivity contribution in [1.82, 2.24) is 4.90 Å². The van der Waals surface area contributed by atoms with Crippen LogP contribution in [0.15, 0.2) is 11.8 Å². The molecule has 1 saturated heterocycles. The lowest BCUT2D eigenvalue weighted by Crippen LogP contribution is -2.41. The van der Waals surface area contributed by atoms with Crippen molar-refractivity contribution in [3.63, 3.8) is 0 Å². The molecule has 15 heavy (non-hydrogen) atoms. The number of nitriles is 1. The molecule has 1 fully saturated rings. The average Bonchev–Trinajstić information content (AvgIpc) is 2.52. The lowest BCUT2D eigenvalue weighted by molar-refractivity contribution is -0.150. The minimum Gasteiger partial charge on any atom is -0.460 e. The Kier molecular flexibility index (Phi) is 2.19. The molecule has 0 aromatic carbocycles. The zero-order valence-corrected chi connectivity index (χ0v) is 8.27. The summed E-state index contributed by atoms with van der Waals surface area (Å²) < 4.78 is 5.29. The summed E-state index contributed by atoms with van der Waals surface area (Å²) in [6.07, 6.45) is 2.02. The van der Waals surface area contributed by atoms with Gasteiger partial charge in [0.1, 0.15) is 6.07 Å².